The van der Waals surface area contributed by atoms with Crippen LogP contribution in [-0.2, 0) is 6.54 Å². The standard InChI is InChI=1S/C23H29N3O2S/c27-22(21-7-4-10-29-21)24-19-8-9-20-18-11-17(14-26(20)23(19)28)13-25(15-18)12-16-5-2-1-3-6-16/h4,7-10,16-18H,1-3,5-6,11-15H2,(H,24,27). The molecule has 1 saturated heterocycles. The normalized spacial score (nSPS) is 24.8. The minimum Gasteiger partial charge on any atom is -0.317 e. The lowest BCUT2D eigenvalue weighted by Gasteiger charge is -2.44. The summed E-state index contributed by atoms with van der Waals surface area (Å²) in [6.45, 7) is 4.17. The van der Waals surface area contributed by atoms with Crippen molar-refractivity contribution in [2.24, 2.45) is 11.8 Å². The second kappa shape index (κ2) is 8.07. The molecule has 5 rings (SSSR count). The molecule has 4 heterocycles. The molecule has 154 valence electrons. The molecule has 3 aliphatic rings. The van der Waals surface area contributed by atoms with Crippen LogP contribution >= 0.6 is 11.3 Å². The summed E-state index contributed by atoms with van der Waals surface area (Å²) in [6, 6.07) is 7.50. The van der Waals surface area contributed by atoms with E-state index < -0.39 is 0 Å². The van der Waals surface area contributed by atoms with E-state index in [1.165, 1.54) is 56.4 Å². The lowest BCUT2D eigenvalue weighted by molar-refractivity contribution is 0.0967. The van der Waals surface area contributed by atoms with Gasteiger partial charge in [0.1, 0.15) is 5.69 Å². The third-order valence-electron chi connectivity index (χ3n) is 6.91. The Labute approximate surface area is 175 Å². The average molecular weight is 412 g/mol. The van der Waals surface area contributed by atoms with Crippen LogP contribution in [0.4, 0.5) is 5.69 Å². The van der Waals surface area contributed by atoms with Crippen molar-refractivity contribution in [1.82, 2.24) is 9.47 Å². The largest absolute Gasteiger partial charge is 0.317 e. The number of hydrogen-bond donors (Lipinski definition) is 1. The summed E-state index contributed by atoms with van der Waals surface area (Å²) in [6.07, 6.45) is 8.14. The Morgan fingerprint density at radius 2 is 1.97 bits per heavy atom. The van der Waals surface area contributed by atoms with E-state index in [1.807, 2.05) is 16.0 Å². The third kappa shape index (κ3) is 3.92. The van der Waals surface area contributed by atoms with E-state index in [1.54, 1.807) is 12.1 Å². The summed E-state index contributed by atoms with van der Waals surface area (Å²) in [5.74, 6) is 1.62. The molecule has 2 aliphatic heterocycles. The first kappa shape index (κ1) is 19.1. The van der Waals surface area contributed by atoms with Crippen molar-refractivity contribution in [3.63, 3.8) is 0 Å². The topological polar surface area (TPSA) is 54.3 Å². The number of hydrogen-bond acceptors (Lipinski definition) is 4. The van der Waals surface area contributed by atoms with Gasteiger partial charge in [-0.3, -0.25) is 9.59 Å². The molecule has 0 radical (unpaired) electrons. The highest BCUT2D eigenvalue weighted by atomic mass is 32.1. The van der Waals surface area contributed by atoms with Gasteiger partial charge in [0.05, 0.1) is 4.88 Å². The number of nitrogens with zero attached hydrogens (tertiary/aromatic N) is 2. The van der Waals surface area contributed by atoms with Gasteiger partial charge in [-0.2, -0.15) is 0 Å². The van der Waals surface area contributed by atoms with Gasteiger partial charge in [0, 0.05) is 37.8 Å². The summed E-state index contributed by atoms with van der Waals surface area (Å²) < 4.78 is 1.93. The van der Waals surface area contributed by atoms with Gasteiger partial charge in [-0.1, -0.05) is 25.3 Å². The summed E-state index contributed by atoms with van der Waals surface area (Å²) in [7, 11) is 0. The molecule has 1 saturated carbocycles. The van der Waals surface area contributed by atoms with Crippen molar-refractivity contribution in [2.75, 3.05) is 25.0 Å². The van der Waals surface area contributed by atoms with Gasteiger partial charge < -0.3 is 14.8 Å². The number of aromatic nitrogens is 1. The fraction of sp³-hybridized carbons (Fsp3) is 0.565. The molecular formula is C23H29N3O2S. The maximum atomic E-state index is 13.1. The van der Waals surface area contributed by atoms with Crippen LogP contribution in [0.25, 0.3) is 0 Å². The van der Waals surface area contributed by atoms with Crippen LogP contribution in [0.2, 0.25) is 0 Å². The van der Waals surface area contributed by atoms with E-state index in [9.17, 15) is 9.59 Å². The lowest BCUT2D eigenvalue weighted by atomic mass is 9.81. The number of nitrogens with one attached hydrogen (secondary N) is 1. The van der Waals surface area contributed by atoms with Crippen molar-refractivity contribution in [3.05, 3.63) is 50.6 Å². The Bertz CT molecular complexity index is 930. The van der Waals surface area contributed by atoms with E-state index in [2.05, 4.69) is 16.3 Å². The number of likely N-dealkylation sites (tertiary alicyclic amines) is 1. The van der Waals surface area contributed by atoms with Crippen molar-refractivity contribution in [3.8, 4) is 0 Å². The molecule has 2 aromatic heterocycles. The number of piperidine rings is 1. The fourth-order valence-corrected chi connectivity index (χ4v) is 6.23. The molecule has 2 fully saturated rings. The van der Waals surface area contributed by atoms with E-state index in [-0.39, 0.29) is 11.5 Å². The van der Waals surface area contributed by atoms with Crippen molar-refractivity contribution >= 4 is 22.9 Å². The van der Waals surface area contributed by atoms with Gasteiger partial charge in [0.2, 0.25) is 0 Å². The fourth-order valence-electron chi connectivity index (χ4n) is 5.62. The zero-order valence-corrected chi connectivity index (χ0v) is 17.6. The SMILES string of the molecule is O=C(Nc1ccc2n(c1=O)CC1CC2CN(CC2CCCCC2)C1)c1cccs1. The quantitative estimate of drug-likeness (QED) is 0.822. The zero-order valence-electron chi connectivity index (χ0n) is 16.8. The van der Waals surface area contributed by atoms with Crippen molar-refractivity contribution < 1.29 is 4.79 Å². The van der Waals surface area contributed by atoms with Crippen LogP contribution in [0.5, 0.6) is 0 Å². The molecule has 2 atom stereocenters. The van der Waals surface area contributed by atoms with Crippen LogP contribution in [0.1, 0.15) is 59.8 Å². The molecule has 1 amide bonds. The molecule has 2 unspecified atom stereocenters. The number of rotatable bonds is 4. The lowest BCUT2D eigenvalue weighted by Crippen LogP contribution is -2.48. The van der Waals surface area contributed by atoms with Gasteiger partial charge >= 0.3 is 0 Å². The first-order valence-electron chi connectivity index (χ1n) is 11.0. The van der Waals surface area contributed by atoms with Gasteiger partial charge in [-0.15, -0.1) is 11.3 Å². The monoisotopic (exact) mass is 411 g/mol. The average Bonchev–Trinajstić information content (AvgIpc) is 3.26. The second-order valence-electron chi connectivity index (χ2n) is 9.04. The predicted molar refractivity (Wildman–Crippen MR) is 117 cm³/mol. The number of pyridine rings is 1. The Morgan fingerprint density at radius 3 is 2.76 bits per heavy atom. The number of fused-ring (bicyclic) bond motifs is 4. The highest BCUT2D eigenvalue weighted by Crippen LogP contribution is 2.36. The number of amides is 1. The summed E-state index contributed by atoms with van der Waals surface area (Å²) in [5.41, 5.74) is 1.49. The Kier molecular flexibility index (Phi) is 5.31. The van der Waals surface area contributed by atoms with Gasteiger partial charge in [-0.05, 0) is 54.7 Å². The molecule has 5 nitrogen and oxygen atoms in total. The minimum absolute atomic E-state index is 0.0529. The zero-order chi connectivity index (χ0) is 19.8. The summed E-state index contributed by atoms with van der Waals surface area (Å²) >= 11 is 1.39. The Hall–Kier alpha value is -1.92. The molecule has 29 heavy (non-hydrogen) atoms. The maximum Gasteiger partial charge on any atom is 0.274 e. The number of carbonyl (C=O) groups excluding carboxylic acids is 1. The molecule has 0 aromatic carbocycles. The van der Waals surface area contributed by atoms with Crippen LogP contribution < -0.4 is 10.9 Å². The van der Waals surface area contributed by atoms with E-state index in [0.29, 0.717) is 22.4 Å². The molecule has 0 spiro atoms. The highest BCUT2D eigenvalue weighted by molar-refractivity contribution is 7.12. The minimum atomic E-state index is -0.202. The van der Waals surface area contributed by atoms with Crippen LogP contribution in [-0.4, -0.2) is 35.0 Å². The molecular weight excluding hydrogens is 382 g/mol. The van der Waals surface area contributed by atoms with E-state index in [4.69, 9.17) is 0 Å². The number of thiophene rings is 1. The molecule has 1 N–H and O–H groups in total. The van der Waals surface area contributed by atoms with E-state index >= 15 is 0 Å². The maximum absolute atomic E-state index is 13.1. The summed E-state index contributed by atoms with van der Waals surface area (Å²) in [4.78, 5) is 28.7. The number of anilines is 1. The molecule has 2 aromatic rings. The van der Waals surface area contributed by atoms with Crippen LogP contribution in [0, 0.1) is 11.8 Å². The van der Waals surface area contributed by atoms with Gasteiger partial charge in [-0.25, -0.2) is 0 Å². The summed E-state index contributed by atoms with van der Waals surface area (Å²) in [5, 5.41) is 4.69. The number of carbonyl (C=O) groups is 1. The van der Waals surface area contributed by atoms with Gasteiger partial charge in [0.15, 0.2) is 0 Å². The Morgan fingerprint density at radius 1 is 1.10 bits per heavy atom. The predicted octanol–water partition coefficient (Wildman–Crippen LogP) is 4.16. The van der Waals surface area contributed by atoms with Crippen molar-refractivity contribution in [1.29, 1.82) is 0 Å². The van der Waals surface area contributed by atoms with Crippen LogP contribution in [0.15, 0.2) is 34.4 Å². The third-order valence-corrected chi connectivity index (χ3v) is 7.78. The Balaban J connectivity index is 1.32. The first-order valence-corrected chi connectivity index (χ1v) is 11.9. The second-order valence-corrected chi connectivity index (χ2v) is 9.99. The van der Waals surface area contributed by atoms with Crippen molar-refractivity contribution in [2.45, 2.75) is 51.0 Å². The molecule has 1 aliphatic carbocycles. The van der Waals surface area contributed by atoms with E-state index in [0.717, 1.165) is 31.2 Å². The van der Waals surface area contributed by atoms with Crippen LogP contribution in [0.3, 0.4) is 0 Å². The smallest absolute Gasteiger partial charge is 0.274 e. The van der Waals surface area contributed by atoms with Gasteiger partial charge in [0.25, 0.3) is 11.5 Å². The molecule has 6 heteroatoms. The highest BCUT2D eigenvalue weighted by Gasteiger charge is 2.35. The first-order chi connectivity index (χ1) is 14.2. The molecule has 2 bridgehead atoms.